The summed E-state index contributed by atoms with van der Waals surface area (Å²) in [5.74, 6) is 0. The highest BCUT2D eigenvalue weighted by Gasteiger charge is 2.01. The molecule has 0 saturated heterocycles. The summed E-state index contributed by atoms with van der Waals surface area (Å²) in [4.78, 5) is 0. The fourth-order valence-electron chi connectivity index (χ4n) is 1.71. The highest BCUT2D eigenvalue weighted by Crippen LogP contribution is 2.26. The fourth-order valence-corrected chi connectivity index (χ4v) is 1.71. The summed E-state index contributed by atoms with van der Waals surface area (Å²) in [5.41, 5.74) is 10.1. The van der Waals surface area contributed by atoms with Gasteiger partial charge in [0, 0.05) is 6.54 Å². The standard InChI is InChI=1S/C14H16N2/c1-2-16-14-10-12(8-9-13(14)15)11-6-4-3-5-7-11/h3-10,16H,2,15H2,1H3. The highest BCUT2D eigenvalue weighted by atomic mass is 14.9. The van der Waals surface area contributed by atoms with Crippen molar-refractivity contribution in [2.24, 2.45) is 0 Å². The molecule has 0 spiro atoms. The van der Waals surface area contributed by atoms with Crippen LogP contribution in [0.5, 0.6) is 0 Å². The summed E-state index contributed by atoms with van der Waals surface area (Å²) in [7, 11) is 0. The van der Waals surface area contributed by atoms with E-state index in [0.717, 1.165) is 17.9 Å². The summed E-state index contributed by atoms with van der Waals surface area (Å²) in [6.07, 6.45) is 0. The Balaban J connectivity index is 2.40. The van der Waals surface area contributed by atoms with Gasteiger partial charge in [-0.1, -0.05) is 36.4 Å². The van der Waals surface area contributed by atoms with Crippen LogP contribution in [0, 0.1) is 0 Å². The maximum absolute atomic E-state index is 5.89. The molecule has 0 amide bonds. The van der Waals surface area contributed by atoms with Gasteiger partial charge in [0.2, 0.25) is 0 Å². The van der Waals surface area contributed by atoms with Gasteiger partial charge in [0.15, 0.2) is 0 Å². The number of nitrogens with two attached hydrogens (primary N) is 1. The third-order valence-corrected chi connectivity index (χ3v) is 2.53. The van der Waals surface area contributed by atoms with Gasteiger partial charge in [-0.05, 0) is 30.2 Å². The third kappa shape index (κ3) is 2.16. The molecule has 2 nitrogen and oxygen atoms in total. The van der Waals surface area contributed by atoms with Crippen molar-refractivity contribution >= 4 is 11.4 Å². The Kier molecular flexibility index (Phi) is 3.10. The number of nitrogens with one attached hydrogen (secondary N) is 1. The van der Waals surface area contributed by atoms with Crippen molar-refractivity contribution in [3.8, 4) is 11.1 Å². The molecule has 82 valence electrons. The Hall–Kier alpha value is -1.96. The molecule has 0 radical (unpaired) electrons. The van der Waals surface area contributed by atoms with Gasteiger partial charge in [-0.25, -0.2) is 0 Å². The smallest absolute Gasteiger partial charge is 0.0580 e. The predicted octanol–water partition coefficient (Wildman–Crippen LogP) is 3.37. The van der Waals surface area contributed by atoms with E-state index < -0.39 is 0 Å². The number of hydrogen-bond donors (Lipinski definition) is 2. The quantitative estimate of drug-likeness (QED) is 0.765. The molecule has 0 heterocycles. The van der Waals surface area contributed by atoms with Gasteiger partial charge in [0.1, 0.15) is 0 Å². The summed E-state index contributed by atoms with van der Waals surface area (Å²) < 4.78 is 0. The van der Waals surface area contributed by atoms with Gasteiger partial charge >= 0.3 is 0 Å². The van der Waals surface area contributed by atoms with Crippen molar-refractivity contribution < 1.29 is 0 Å². The van der Waals surface area contributed by atoms with E-state index in [1.807, 2.05) is 30.3 Å². The van der Waals surface area contributed by atoms with Crippen LogP contribution in [0.4, 0.5) is 11.4 Å². The van der Waals surface area contributed by atoms with Gasteiger partial charge in [0.05, 0.1) is 11.4 Å². The van der Waals surface area contributed by atoms with E-state index in [2.05, 4.69) is 30.4 Å². The first kappa shape index (κ1) is 10.6. The van der Waals surface area contributed by atoms with Crippen molar-refractivity contribution in [3.05, 3.63) is 48.5 Å². The molecule has 2 rings (SSSR count). The Morgan fingerprint density at radius 2 is 1.75 bits per heavy atom. The first-order valence-electron chi connectivity index (χ1n) is 5.50. The summed E-state index contributed by atoms with van der Waals surface area (Å²) in [6.45, 7) is 2.94. The third-order valence-electron chi connectivity index (χ3n) is 2.53. The molecule has 2 heteroatoms. The van der Waals surface area contributed by atoms with Crippen LogP contribution in [0.2, 0.25) is 0 Å². The molecule has 0 aliphatic rings. The second-order valence-electron chi connectivity index (χ2n) is 3.70. The van der Waals surface area contributed by atoms with Crippen LogP contribution in [0.15, 0.2) is 48.5 Å². The Labute approximate surface area is 96.1 Å². The van der Waals surface area contributed by atoms with E-state index in [4.69, 9.17) is 5.73 Å². The topological polar surface area (TPSA) is 38.0 Å². The van der Waals surface area contributed by atoms with Gasteiger partial charge in [-0.15, -0.1) is 0 Å². The molecule has 0 fully saturated rings. The van der Waals surface area contributed by atoms with Crippen molar-refractivity contribution in [2.45, 2.75) is 6.92 Å². The van der Waals surface area contributed by atoms with Crippen LogP contribution in [-0.2, 0) is 0 Å². The number of hydrogen-bond acceptors (Lipinski definition) is 2. The molecule has 3 N–H and O–H groups in total. The number of anilines is 2. The van der Waals surface area contributed by atoms with Crippen LogP contribution in [0.25, 0.3) is 11.1 Å². The van der Waals surface area contributed by atoms with Crippen molar-refractivity contribution in [2.75, 3.05) is 17.6 Å². The summed E-state index contributed by atoms with van der Waals surface area (Å²) in [5, 5.41) is 3.26. The Morgan fingerprint density at radius 1 is 1.00 bits per heavy atom. The lowest BCUT2D eigenvalue weighted by Gasteiger charge is -2.09. The normalized spacial score (nSPS) is 10.1. The molecule has 0 atom stereocenters. The van der Waals surface area contributed by atoms with Crippen molar-refractivity contribution in [1.29, 1.82) is 0 Å². The van der Waals surface area contributed by atoms with Crippen LogP contribution in [0.3, 0.4) is 0 Å². The van der Waals surface area contributed by atoms with Crippen LogP contribution in [0.1, 0.15) is 6.92 Å². The van der Waals surface area contributed by atoms with Crippen molar-refractivity contribution in [3.63, 3.8) is 0 Å². The minimum atomic E-state index is 0.793. The second kappa shape index (κ2) is 4.71. The molecular weight excluding hydrogens is 196 g/mol. The zero-order chi connectivity index (χ0) is 11.4. The molecule has 0 aliphatic carbocycles. The lowest BCUT2D eigenvalue weighted by atomic mass is 10.0. The van der Waals surface area contributed by atoms with Crippen LogP contribution < -0.4 is 11.1 Å². The van der Waals surface area contributed by atoms with E-state index in [1.165, 1.54) is 11.1 Å². The predicted molar refractivity (Wildman–Crippen MR) is 70.5 cm³/mol. The fraction of sp³-hybridized carbons (Fsp3) is 0.143. The van der Waals surface area contributed by atoms with Gasteiger partial charge in [0.25, 0.3) is 0 Å². The lowest BCUT2D eigenvalue weighted by molar-refractivity contribution is 1.21. The summed E-state index contributed by atoms with van der Waals surface area (Å²) in [6, 6.07) is 16.4. The number of rotatable bonds is 3. The second-order valence-corrected chi connectivity index (χ2v) is 3.70. The van der Waals surface area contributed by atoms with E-state index in [-0.39, 0.29) is 0 Å². The maximum atomic E-state index is 5.89. The van der Waals surface area contributed by atoms with E-state index in [1.54, 1.807) is 0 Å². The van der Waals surface area contributed by atoms with E-state index in [0.29, 0.717) is 0 Å². The zero-order valence-corrected chi connectivity index (χ0v) is 9.40. The van der Waals surface area contributed by atoms with Crippen LogP contribution >= 0.6 is 0 Å². The lowest BCUT2D eigenvalue weighted by Crippen LogP contribution is -2.00. The zero-order valence-electron chi connectivity index (χ0n) is 9.40. The Bertz CT molecular complexity index is 463. The van der Waals surface area contributed by atoms with Gasteiger partial charge in [-0.2, -0.15) is 0 Å². The minimum absolute atomic E-state index is 0.793. The molecule has 0 aromatic heterocycles. The molecule has 0 bridgehead atoms. The van der Waals surface area contributed by atoms with Gasteiger partial charge < -0.3 is 11.1 Å². The first-order valence-corrected chi connectivity index (χ1v) is 5.50. The monoisotopic (exact) mass is 212 g/mol. The average Bonchev–Trinajstić information content (AvgIpc) is 2.33. The molecule has 2 aromatic carbocycles. The largest absolute Gasteiger partial charge is 0.397 e. The minimum Gasteiger partial charge on any atom is -0.397 e. The first-order chi connectivity index (χ1) is 7.81. The molecule has 0 saturated carbocycles. The average molecular weight is 212 g/mol. The van der Waals surface area contributed by atoms with E-state index in [9.17, 15) is 0 Å². The van der Waals surface area contributed by atoms with E-state index >= 15 is 0 Å². The van der Waals surface area contributed by atoms with Gasteiger partial charge in [-0.3, -0.25) is 0 Å². The number of nitrogen functional groups attached to an aromatic ring is 1. The molecule has 0 aliphatic heterocycles. The van der Waals surface area contributed by atoms with Crippen LogP contribution in [-0.4, -0.2) is 6.54 Å². The number of benzene rings is 2. The molecule has 16 heavy (non-hydrogen) atoms. The SMILES string of the molecule is CCNc1cc(-c2ccccc2)ccc1N. The van der Waals surface area contributed by atoms with Crippen molar-refractivity contribution in [1.82, 2.24) is 0 Å². The molecular formula is C14H16N2. The molecule has 2 aromatic rings. The molecule has 0 unspecified atom stereocenters. The maximum Gasteiger partial charge on any atom is 0.0580 e. The summed E-state index contributed by atoms with van der Waals surface area (Å²) >= 11 is 0. The Morgan fingerprint density at radius 3 is 2.44 bits per heavy atom. The highest BCUT2D eigenvalue weighted by molar-refractivity contribution is 5.76.